The van der Waals surface area contributed by atoms with Crippen LogP contribution < -0.4 is 26.1 Å². The van der Waals surface area contributed by atoms with E-state index >= 15 is 0 Å². The molecule has 0 spiro atoms. The lowest BCUT2D eigenvalue weighted by Gasteiger charge is -2.22. The molecule has 3 aromatic rings. The van der Waals surface area contributed by atoms with Crippen molar-refractivity contribution in [1.82, 2.24) is 15.1 Å². The van der Waals surface area contributed by atoms with Gasteiger partial charge in [0.05, 0.1) is 11.3 Å². The maximum atomic E-state index is 13.5. The molecule has 5 rings (SSSR count). The molecule has 0 bridgehead atoms. The Bertz CT molecular complexity index is 1730. The smallest absolute Gasteiger partial charge is 0.289 e. The van der Waals surface area contributed by atoms with Gasteiger partial charge in [0.2, 0.25) is 11.8 Å². The summed E-state index contributed by atoms with van der Waals surface area (Å²) in [6, 6.07) is 11.8. The zero-order valence-corrected chi connectivity index (χ0v) is 24.7. The van der Waals surface area contributed by atoms with E-state index in [0.29, 0.717) is 11.4 Å². The summed E-state index contributed by atoms with van der Waals surface area (Å²) in [4.78, 5) is 40.9. The van der Waals surface area contributed by atoms with Gasteiger partial charge in [0.15, 0.2) is 5.11 Å². The molecule has 1 aliphatic carbocycles. The van der Waals surface area contributed by atoms with E-state index in [-0.39, 0.29) is 52.1 Å². The van der Waals surface area contributed by atoms with Gasteiger partial charge >= 0.3 is 0 Å². The third-order valence-corrected chi connectivity index (χ3v) is 8.56. The first-order valence-electron chi connectivity index (χ1n) is 13.1. The summed E-state index contributed by atoms with van der Waals surface area (Å²) in [5.41, 5.74) is 1.97. The van der Waals surface area contributed by atoms with Gasteiger partial charge in [-0.3, -0.25) is 24.6 Å². The maximum Gasteiger partial charge on any atom is 0.289 e. The SMILES string of the molecule is CC(=O)Nc1ccc(NC(=O)CC2C(=O)N(C3CC3)C(=S)N2Cc2/c(=N/S(=O)(=O)c3ccc(C)cc3)o[n-][n+]2C)cc1. The molecule has 1 unspecified atom stereocenters. The van der Waals surface area contributed by atoms with Crippen LogP contribution in [0.15, 0.2) is 62.3 Å². The number of thiocarbonyl (C=S) groups is 1. The van der Waals surface area contributed by atoms with Gasteiger partial charge < -0.3 is 20.1 Å². The van der Waals surface area contributed by atoms with Crippen molar-refractivity contribution in [3.63, 3.8) is 0 Å². The second kappa shape index (κ2) is 11.5. The van der Waals surface area contributed by atoms with Gasteiger partial charge in [-0.05, 0) is 68.4 Å². The number of benzene rings is 2. The summed E-state index contributed by atoms with van der Waals surface area (Å²) in [7, 11) is -2.57. The molecule has 1 atom stereocenters. The highest BCUT2D eigenvalue weighted by Crippen LogP contribution is 2.34. The lowest BCUT2D eigenvalue weighted by Crippen LogP contribution is -2.45. The third kappa shape index (κ3) is 6.26. The van der Waals surface area contributed by atoms with Crippen molar-refractivity contribution in [1.29, 1.82) is 0 Å². The number of carbonyl (C=O) groups excluding carboxylic acids is 3. The Morgan fingerprint density at radius 3 is 2.31 bits per heavy atom. The number of anilines is 2. The standard InChI is InChI=1S/C27H29N7O6S2/c1-16-4-12-21(13-5-16)42(38,39)30-25-23(32(3)31-40-25)15-33-22(26(37)34(27(33)41)20-10-11-20)14-24(36)29-19-8-6-18(7-9-19)28-17(2)35/h4-9,12-13,20,22H,10-11,14-15H2,1-3H3,(H,28,35)(H,29,36)/b30-25-. The topological polar surface area (TPSA) is 159 Å². The van der Waals surface area contributed by atoms with Crippen LogP contribution in [0.25, 0.3) is 0 Å². The monoisotopic (exact) mass is 611 g/mol. The lowest BCUT2D eigenvalue weighted by atomic mass is 10.1. The van der Waals surface area contributed by atoms with Crippen LogP contribution in [0.1, 0.15) is 37.4 Å². The van der Waals surface area contributed by atoms with E-state index in [2.05, 4.69) is 20.3 Å². The number of aryl methyl sites for hydroxylation is 2. The molecule has 220 valence electrons. The van der Waals surface area contributed by atoms with Crippen LogP contribution in [-0.4, -0.2) is 53.1 Å². The molecule has 2 aliphatic rings. The Kier molecular flexibility index (Phi) is 7.97. The van der Waals surface area contributed by atoms with Crippen molar-refractivity contribution >= 4 is 56.4 Å². The van der Waals surface area contributed by atoms with E-state index < -0.39 is 22.0 Å². The number of amides is 3. The van der Waals surface area contributed by atoms with Crippen LogP contribution in [0.2, 0.25) is 0 Å². The second-order valence-corrected chi connectivity index (χ2v) is 12.2. The highest BCUT2D eigenvalue weighted by molar-refractivity contribution is 7.90. The normalized spacial score (nSPS) is 17.6. The fraction of sp³-hybridized carbons (Fsp3) is 0.333. The minimum Gasteiger partial charge on any atom is -0.486 e. The minimum absolute atomic E-state index is 0.00969. The molecule has 3 amide bonds. The van der Waals surface area contributed by atoms with Gasteiger partial charge in [-0.1, -0.05) is 17.7 Å². The summed E-state index contributed by atoms with van der Waals surface area (Å²) < 4.78 is 36.5. The number of aromatic nitrogens is 2. The molecule has 2 heterocycles. The van der Waals surface area contributed by atoms with Crippen LogP contribution in [0.3, 0.4) is 0 Å². The van der Waals surface area contributed by atoms with Gasteiger partial charge in [0.25, 0.3) is 27.2 Å². The number of hydrogen-bond acceptors (Lipinski definition) is 7. The number of sulfonamides is 1. The molecule has 42 heavy (non-hydrogen) atoms. The predicted octanol–water partition coefficient (Wildman–Crippen LogP) is 1.11. The Balaban J connectivity index is 1.39. The van der Waals surface area contributed by atoms with Crippen LogP contribution in [0, 0.1) is 6.92 Å². The molecule has 13 nitrogen and oxygen atoms in total. The van der Waals surface area contributed by atoms with Crippen LogP contribution in [0.4, 0.5) is 11.4 Å². The maximum absolute atomic E-state index is 13.5. The summed E-state index contributed by atoms with van der Waals surface area (Å²) in [6.07, 6.45) is 1.39. The molecule has 2 N–H and O–H groups in total. The molecule has 15 heteroatoms. The molecule has 2 fully saturated rings. The fourth-order valence-corrected chi connectivity index (χ4v) is 5.92. The summed E-state index contributed by atoms with van der Waals surface area (Å²) >= 11 is 5.68. The highest BCUT2D eigenvalue weighted by Gasteiger charge is 2.49. The van der Waals surface area contributed by atoms with Crippen molar-refractivity contribution in [2.45, 2.75) is 56.6 Å². The van der Waals surface area contributed by atoms with Crippen LogP contribution >= 0.6 is 12.2 Å². The first kappa shape index (κ1) is 29.1. The predicted molar refractivity (Wildman–Crippen MR) is 153 cm³/mol. The van der Waals surface area contributed by atoms with Gasteiger partial charge in [0, 0.05) is 24.3 Å². The Morgan fingerprint density at radius 1 is 1.10 bits per heavy atom. The van der Waals surface area contributed by atoms with Gasteiger partial charge in [-0.15, -0.1) is 4.40 Å². The quantitative estimate of drug-likeness (QED) is 0.267. The van der Waals surface area contributed by atoms with Crippen molar-refractivity contribution in [2.75, 3.05) is 10.6 Å². The van der Waals surface area contributed by atoms with Gasteiger partial charge in [-0.2, -0.15) is 8.42 Å². The molecule has 0 radical (unpaired) electrons. The van der Waals surface area contributed by atoms with Crippen molar-refractivity contribution in [2.24, 2.45) is 11.4 Å². The summed E-state index contributed by atoms with van der Waals surface area (Å²) in [5.74, 6) is -0.941. The number of rotatable bonds is 9. The van der Waals surface area contributed by atoms with Gasteiger partial charge in [0.1, 0.15) is 19.6 Å². The molecule has 1 aromatic heterocycles. The third-order valence-electron chi connectivity index (χ3n) is 6.86. The van der Waals surface area contributed by atoms with Crippen LogP contribution in [0.5, 0.6) is 0 Å². The molecule has 2 aromatic carbocycles. The lowest BCUT2D eigenvalue weighted by molar-refractivity contribution is -0.752. The number of nitrogens with zero attached hydrogens (tertiary/aromatic N) is 5. The zero-order chi connectivity index (χ0) is 30.2. The van der Waals surface area contributed by atoms with Crippen molar-refractivity contribution in [3.8, 4) is 0 Å². The molecular formula is C27H29N7O6S2. The van der Waals surface area contributed by atoms with Gasteiger partial charge in [-0.25, -0.2) is 4.68 Å². The molecular weight excluding hydrogens is 582 g/mol. The average molecular weight is 612 g/mol. The number of carbonyl (C=O) groups is 3. The Morgan fingerprint density at radius 2 is 1.71 bits per heavy atom. The number of nitrogens with one attached hydrogen (secondary N) is 2. The zero-order valence-electron chi connectivity index (χ0n) is 23.1. The molecule has 1 saturated carbocycles. The first-order valence-corrected chi connectivity index (χ1v) is 15.0. The molecule has 1 aliphatic heterocycles. The Hall–Kier alpha value is -4.37. The van der Waals surface area contributed by atoms with E-state index in [9.17, 15) is 22.8 Å². The van der Waals surface area contributed by atoms with E-state index in [4.69, 9.17) is 16.7 Å². The minimum atomic E-state index is -4.13. The van der Waals surface area contributed by atoms with E-state index in [1.807, 2.05) is 6.92 Å². The second-order valence-electron chi connectivity index (χ2n) is 10.2. The van der Waals surface area contributed by atoms with Crippen LogP contribution in [-0.2, 0) is 38.0 Å². The van der Waals surface area contributed by atoms with Crippen molar-refractivity contribution in [3.05, 3.63) is 65.3 Å². The largest absolute Gasteiger partial charge is 0.486 e. The van der Waals surface area contributed by atoms with Crippen molar-refractivity contribution < 1.29 is 32.0 Å². The van der Waals surface area contributed by atoms with E-state index in [0.717, 1.165) is 18.4 Å². The van der Waals surface area contributed by atoms with E-state index in [1.54, 1.807) is 48.3 Å². The summed E-state index contributed by atoms with van der Waals surface area (Å²) in [5, 5.41) is 9.51. The summed E-state index contributed by atoms with van der Waals surface area (Å²) in [6.45, 7) is 3.17. The number of hydrogen-bond donors (Lipinski definition) is 2. The fourth-order valence-electron chi connectivity index (χ4n) is 4.54. The molecule has 1 saturated heterocycles. The Labute approximate surface area is 247 Å². The first-order chi connectivity index (χ1) is 19.9. The highest BCUT2D eigenvalue weighted by atomic mass is 32.2. The van der Waals surface area contributed by atoms with E-state index in [1.165, 1.54) is 28.6 Å². The average Bonchev–Trinajstić information content (AvgIpc) is 3.66.